The number of benzene rings is 1. The predicted octanol–water partition coefficient (Wildman–Crippen LogP) is 1.77. The Labute approximate surface area is 136 Å². The first-order valence-corrected chi connectivity index (χ1v) is 7.55. The molecule has 3 rings (SSSR count). The van der Waals surface area contributed by atoms with E-state index in [-0.39, 0.29) is 17.4 Å². The Hall–Kier alpha value is -2.42. The number of nitrogens with one attached hydrogen (secondary N) is 2. The second-order valence-electron chi connectivity index (χ2n) is 5.56. The summed E-state index contributed by atoms with van der Waals surface area (Å²) in [6, 6.07) is 5.05. The van der Waals surface area contributed by atoms with E-state index < -0.39 is 17.6 Å². The molecule has 1 amide bonds. The minimum Gasteiger partial charge on any atom is -0.348 e. The molecule has 1 fully saturated rings. The average Bonchev–Trinajstić information content (AvgIpc) is 3.05. The molecule has 2 N–H and O–H groups in total. The predicted molar refractivity (Wildman–Crippen MR) is 79.7 cm³/mol. The van der Waals surface area contributed by atoms with Crippen LogP contribution in [0.5, 0.6) is 0 Å². The number of nitrogens with zero attached hydrogens (tertiary/aromatic N) is 3. The van der Waals surface area contributed by atoms with Crippen molar-refractivity contribution in [2.24, 2.45) is 0 Å². The first-order valence-electron chi connectivity index (χ1n) is 7.55. The SMILES string of the molecule is O=C(NC1CCNCC1)c1cn(-c2ccccc2C(F)(F)F)nn1. The van der Waals surface area contributed by atoms with Gasteiger partial charge in [0.15, 0.2) is 5.69 Å². The standard InChI is InChI=1S/C15H16F3N5O/c16-15(17,18)11-3-1-2-4-13(11)23-9-12(21-22-23)14(24)20-10-5-7-19-8-6-10/h1-4,9-10,19H,5-8H2,(H,20,24). The number of rotatable bonds is 3. The fraction of sp³-hybridized carbons (Fsp3) is 0.400. The molecular weight excluding hydrogens is 323 g/mol. The van der Waals surface area contributed by atoms with E-state index in [0.29, 0.717) is 0 Å². The number of piperidine rings is 1. The van der Waals surface area contributed by atoms with Gasteiger partial charge >= 0.3 is 6.18 Å². The number of halogens is 3. The zero-order chi connectivity index (χ0) is 17.2. The van der Waals surface area contributed by atoms with Crippen LogP contribution in [0.15, 0.2) is 30.5 Å². The second-order valence-corrected chi connectivity index (χ2v) is 5.56. The number of alkyl halides is 3. The minimum absolute atomic E-state index is 0.00879. The van der Waals surface area contributed by atoms with Crippen LogP contribution >= 0.6 is 0 Å². The zero-order valence-corrected chi connectivity index (χ0v) is 12.7. The van der Waals surface area contributed by atoms with E-state index in [2.05, 4.69) is 20.9 Å². The van der Waals surface area contributed by atoms with Crippen molar-refractivity contribution in [2.75, 3.05) is 13.1 Å². The summed E-state index contributed by atoms with van der Waals surface area (Å²) in [6.45, 7) is 1.63. The van der Waals surface area contributed by atoms with Gasteiger partial charge in [-0.3, -0.25) is 4.79 Å². The van der Waals surface area contributed by atoms with E-state index in [0.717, 1.165) is 36.7 Å². The van der Waals surface area contributed by atoms with Gasteiger partial charge in [-0.1, -0.05) is 17.3 Å². The molecule has 2 heterocycles. The summed E-state index contributed by atoms with van der Waals surface area (Å²) in [4.78, 5) is 12.2. The molecule has 1 aromatic heterocycles. The van der Waals surface area contributed by atoms with Gasteiger partial charge in [0.25, 0.3) is 5.91 Å². The van der Waals surface area contributed by atoms with Crippen molar-refractivity contribution in [1.82, 2.24) is 25.6 Å². The number of carbonyl (C=O) groups is 1. The van der Waals surface area contributed by atoms with Gasteiger partial charge in [-0.2, -0.15) is 13.2 Å². The van der Waals surface area contributed by atoms with Crippen molar-refractivity contribution in [3.63, 3.8) is 0 Å². The molecule has 128 valence electrons. The topological polar surface area (TPSA) is 71.8 Å². The number of amides is 1. The Morgan fingerprint density at radius 3 is 2.67 bits per heavy atom. The number of hydrogen-bond donors (Lipinski definition) is 2. The molecule has 24 heavy (non-hydrogen) atoms. The first kappa shape index (κ1) is 16.4. The molecule has 0 bridgehead atoms. The van der Waals surface area contributed by atoms with Crippen molar-refractivity contribution >= 4 is 5.91 Å². The third kappa shape index (κ3) is 3.56. The summed E-state index contributed by atoms with van der Waals surface area (Å²) in [5, 5.41) is 13.4. The van der Waals surface area contributed by atoms with E-state index in [1.807, 2.05) is 0 Å². The molecular formula is C15H16F3N5O. The molecule has 0 saturated carbocycles. The largest absolute Gasteiger partial charge is 0.418 e. The van der Waals surface area contributed by atoms with E-state index in [1.165, 1.54) is 24.4 Å². The van der Waals surface area contributed by atoms with Gasteiger partial charge in [0.05, 0.1) is 17.4 Å². The summed E-state index contributed by atoms with van der Waals surface area (Å²) in [5.74, 6) is -0.433. The number of hydrogen-bond acceptors (Lipinski definition) is 4. The molecule has 6 nitrogen and oxygen atoms in total. The quantitative estimate of drug-likeness (QED) is 0.894. The molecule has 9 heteroatoms. The van der Waals surface area contributed by atoms with Crippen molar-refractivity contribution in [3.05, 3.63) is 41.7 Å². The Morgan fingerprint density at radius 1 is 1.25 bits per heavy atom. The Morgan fingerprint density at radius 2 is 1.96 bits per heavy atom. The van der Waals surface area contributed by atoms with Crippen LogP contribution in [0.3, 0.4) is 0 Å². The summed E-state index contributed by atoms with van der Waals surface area (Å²) in [5.41, 5.74) is -1.01. The molecule has 0 atom stereocenters. The summed E-state index contributed by atoms with van der Waals surface area (Å²) >= 11 is 0. The zero-order valence-electron chi connectivity index (χ0n) is 12.7. The Bertz CT molecular complexity index is 722. The lowest BCUT2D eigenvalue weighted by Crippen LogP contribution is -2.42. The molecule has 1 aliphatic rings. The molecule has 1 aromatic carbocycles. The van der Waals surface area contributed by atoms with E-state index in [4.69, 9.17) is 0 Å². The highest BCUT2D eigenvalue weighted by Gasteiger charge is 2.34. The van der Waals surface area contributed by atoms with E-state index in [9.17, 15) is 18.0 Å². The fourth-order valence-electron chi connectivity index (χ4n) is 2.62. The van der Waals surface area contributed by atoms with Crippen LogP contribution in [-0.4, -0.2) is 40.0 Å². The van der Waals surface area contributed by atoms with Gasteiger partial charge in [0, 0.05) is 6.04 Å². The number of carbonyl (C=O) groups excluding carboxylic acids is 1. The third-order valence-corrected chi connectivity index (χ3v) is 3.86. The molecule has 1 saturated heterocycles. The van der Waals surface area contributed by atoms with E-state index in [1.54, 1.807) is 0 Å². The van der Waals surface area contributed by atoms with Crippen LogP contribution < -0.4 is 10.6 Å². The highest BCUT2D eigenvalue weighted by Crippen LogP contribution is 2.33. The van der Waals surface area contributed by atoms with E-state index >= 15 is 0 Å². The molecule has 1 aliphatic heterocycles. The van der Waals surface area contributed by atoms with Gasteiger partial charge < -0.3 is 10.6 Å². The monoisotopic (exact) mass is 339 g/mol. The van der Waals surface area contributed by atoms with Crippen molar-refractivity contribution in [3.8, 4) is 5.69 Å². The Kier molecular flexibility index (Phi) is 4.52. The fourth-order valence-corrected chi connectivity index (χ4v) is 2.62. The van der Waals surface area contributed by atoms with Crippen LogP contribution in [0.1, 0.15) is 28.9 Å². The van der Waals surface area contributed by atoms with Gasteiger partial charge in [-0.05, 0) is 38.1 Å². The number of para-hydroxylation sites is 1. The van der Waals surface area contributed by atoms with Crippen molar-refractivity contribution < 1.29 is 18.0 Å². The molecule has 2 aromatic rings. The maximum absolute atomic E-state index is 13.1. The third-order valence-electron chi connectivity index (χ3n) is 3.86. The maximum Gasteiger partial charge on any atom is 0.418 e. The smallest absolute Gasteiger partial charge is 0.348 e. The Balaban J connectivity index is 1.80. The van der Waals surface area contributed by atoms with Crippen LogP contribution in [-0.2, 0) is 6.18 Å². The van der Waals surface area contributed by atoms with Gasteiger partial charge in [0.1, 0.15) is 0 Å². The summed E-state index contributed by atoms with van der Waals surface area (Å²) in [7, 11) is 0. The normalized spacial score (nSPS) is 16.1. The minimum atomic E-state index is -4.51. The lowest BCUT2D eigenvalue weighted by Gasteiger charge is -2.23. The van der Waals surface area contributed by atoms with Crippen molar-refractivity contribution in [2.45, 2.75) is 25.1 Å². The van der Waals surface area contributed by atoms with Crippen molar-refractivity contribution in [1.29, 1.82) is 0 Å². The molecule has 0 aliphatic carbocycles. The van der Waals surface area contributed by atoms with Crippen LogP contribution in [0.25, 0.3) is 5.69 Å². The van der Waals surface area contributed by atoms with Gasteiger partial charge in [0.2, 0.25) is 0 Å². The maximum atomic E-state index is 13.1. The molecule has 0 radical (unpaired) electrons. The lowest BCUT2D eigenvalue weighted by atomic mass is 10.1. The summed E-state index contributed by atoms with van der Waals surface area (Å²) in [6.07, 6.45) is -1.70. The van der Waals surface area contributed by atoms with Crippen LogP contribution in [0, 0.1) is 0 Å². The molecule has 0 unspecified atom stereocenters. The summed E-state index contributed by atoms with van der Waals surface area (Å²) < 4.78 is 40.2. The average molecular weight is 339 g/mol. The highest BCUT2D eigenvalue weighted by atomic mass is 19.4. The van der Waals surface area contributed by atoms with Gasteiger partial charge in [-0.15, -0.1) is 5.10 Å². The van der Waals surface area contributed by atoms with Gasteiger partial charge in [-0.25, -0.2) is 4.68 Å². The second kappa shape index (κ2) is 6.60. The lowest BCUT2D eigenvalue weighted by molar-refractivity contribution is -0.137. The first-order chi connectivity index (χ1) is 11.4. The van der Waals surface area contributed by atoms with Crippen LogP contribution in [0.4, 0.5) is 13.2 Å². The van der Waals surface area contributed by atoms with Crippen LogP contribution in [0.2, 0.25) is 0 Å². The molecule has 0 spiro atoms. The number of aromatic nitrogens is 3. The highest BCUT2D eigenvalue weighted by molar-refractivity contribution is 5.92.